The van der Waals surface area contributed by atoms with E-state index in [4.69, 9.17) is 0 Å². The van der Waals surface area contributed by atoms with E-state index >= 15 is 0 Å². The van der Waals surface area contributed by atoms with Gasteiger partial charge in [-0.25, -0.2) is 4.39 Å². The summed E-state index contributed by atoms with van der Waals surface area (Å²) in [7, 11) is 0. The Kier molecular flexibility index (Phi) is 7.29. The predicted octanol–water partition coefficient (Wildman–Crippen LogP) is 5.12. The minimum atomic E-state index is -0.464. The van der Waals surface area contributed by atoms with Gasteiger partial charge >= 0.3 is 0 Å². The van der Waals surface area contributed by atoms with Crippen molar-refractivity contribution in [3.63, 3.8) is 0 Å². The number of rotatable bonds is 5. The van der Waals surface area contributed by atoms with Gasteiger partial charge in [0.05, 0.1) is 11.1 Å². The third-order valence-electron chi connectivity index (χ3n) is 6.61. The van der Waals surface area contributed by atoms with E-state index in [0.29, 0.717) is 17.8 Å². The Morgan fingerprint density at radius 2 is 2.00 bits per heavy atom. The molecule has 1 amide bonds. The average molecular weight is 473 g/mol. The maximum atomic E-state index is 13.8. The molecule has 2 aliphatic heterocycles. The van der Waals surface area contributed by atoms with Gasteiger partial charge in [0, 0.05) is 36.8 Å². The number of Topliss-reactive ketones (excluding diaryl/α,β-unsaturated/α-hetero) is 1. The highest BCUT2D eigenvalue weighted by atomic mass is 35.5. The Hall–Kier alpha value is -2.70. The number of halogens is 2. The number of likely N-dealkylation sites (tertiary alicyclic amines) is 1. The van der Waals surface area contributed by atoms with Crippen LogP contribution in [0.3, 0.4) is 0 Å². The van der Waals surface area contributed by atoms with Crippen LogP contribution in [0.15, 0.2) is 54.6 Å². The molecule has 0 aliphatic carbocycles. The van der Waals surface area contributed by atoms with Crippen LogP contribution in [-0.2, 0) is 11.3 Å². The monoisotopic (exact) mass is 472 g/mol. The summed E-state index contributed by atoms with van der Waals surface area (Å²) in [5.74, 6) is -0.729. The average Bonchev–Trinajstić information content (AvgIpc) is 3.06. The summed E-state index contributed by atoms with van der Waals surface area (Å²) in [6.45, 7) is 7.16. The molecule has 1 fully saturated rings. The number of carbonyl (C=O) groups excluding carboxylic acids is 2. The molecule has 0 saturated carbocycles. The number of amides is 1. The van der Waals surface area contributed by atoms with Gasteiger partial charge in [0.25, 0.3) is 5.91 Å². The molecule has 5 nitrogen and oxygen atoms in total. The lowest BCUT2D eigenvalue weighted by Gasteiger charge is -2.47. The Labute approximate surface area is 200 Å². The second-order valence-corrected chi connectivity index (χ2v) is 9.23. The molecule has 2 aromatic rings. The highest BCUT2D eigenvalue weighted by Gasteiger charge is 2.46. The van der Waals surface area contributed by atoms with Gasteiger partial charge in [0.1, 0.15) is 11.6 Å². The van der Waals surface area contributed by atoms with Gasteiger partial charge in [-0.05, 0) is 55.7 Å². The van der Waals surface area contributed by atoms with Crippen molar-refractivity contribution < 1.29 is 19.1 Å². The van der Waals surface area contributed by atoms with Crippen molar-refractivity contribution in [3.8, 4) is 5.75 Å². The van der Waals surface area contributed by atoms with E-state index in [2.05, 4.69) is 11.8 Å². The van der Waals surface area contributed by atoms with Crippen LogP contribution in [0.2, 0.25) is 0 Å². The first-order valence-electron chi connectivity index (χ1n) is 11.1. The van der Waals surface area contributed by atoms with Gasteiger partial charge in [-0.3, -0.25) is 19.4 Å². The number of phenolic OH excluding ortho intramolecular Hbond substituents is 1. The number of hydrogen-bond acceptors (Lipinski definition) is 4. The zero-order chi connectivity index (χ0) is 23.0. The van der Waals surface area contributed by atoms with Crippen LogP contribution < -0.4 is 4.90 Å². The van der Waals surface area contributed by atoms with Crippen LogP contribution >= 0.6 is 12.4 Å². The second kappa shape index (κ2) is 9.65. The molecule has 33 heavy (non-hydrogen) atoms. The molecule has 2 heterocycles. The number of hydrogen-bond donors (Lipinski definition) is 1. The largest absolute Gasteiger partial charge is 0.507 e. The molecular weight excluding hydrogens is 443 g/mol. The summed E-state index contributed by atoms with van der Waals surface area (Å²) in [6, 6.07) is 11.6. The van der Waals surface area contributed by atoms with Gasteiger partial charge in [0.2, 0.25) is 0 Å². The molecule has 0 bridgehead atoms. The van der Waals surface area contributed by atoms with Crippen molar-refractivity contribution >= 4 is 29.8 Å². The first-order chi connectivity index (χ1) is 15.2. The third kappa shape index (κ3) is 4.82. The van der Waals surface area contributed by atoms with E-state index in [1.165, 1.54) is 12.1 Å². The highest BCUT2D eigenvalue weighted by Crippen LogP contribution is 2.41. The molecule has 2 atom stereocenters. The number of ketones is 1. The zero-order valence-electron chi connectivity index (χ0n) is 19.1. The van der Waals surface area contributed by atoms with E-state index in [-0.39, 0.29) is 47.6 Å². The summed E-state index contributed by atoms with van der Waals surface area (Å²) in [5.41, 5.74) is 1.44. The summed E-state index contributed by atoms with van der Waals surface area (Å²) in [5, 5.41) is 10.1. The van der Waals surface area contributed by atoms with Gasteiger partial charge in [-0.2, -0.15) is 0 Å². The molecule has 7 heteroatoms. The minimum absolute atomic E-state index is 0. The molecule has 2 aromatic carbocycles. The lowest BCUT2D eigenvalue weighted by Crippen LogP contribution is -2.56. The fraction of sp³-hybridized carbons (Fsp3) is 0.385. The van der Waals surface area contributed by atoms with Crippen LogP contribution in [0.4, 0.5) is 10.1 Å². The van der Waals surface area contributed by atoms with Crippen LogP contribution in [0.1, 0.15) is 49.5 Å². The lowest BCUT2D eigenvalue weighted by molar-refractivity contribution is -0.114. The van der Waals surface area contributed by atoms with Gasteiger partial charge in [0.15, 0.2) is 5.78 Å². The number of phenols is 1. The maximum absolute atomic E-state index is 13.8. The zero-order valence-corrected chi connectivity index (χ0v) is 19.9. The third-order valence-corrected chi connectivity index (χ3v) is 6.61. The number of anilines is 1. The first-order valence-corrected chi connectivity index (χ1v) is 11.1. The lowest BCUT2D eigenvalue weighted by atomic mass is 9.82. The predicted molar refractivity (Wildman–Crippen MR) is 129 cm³/mol. The van der Waals surface area contributed by atoms with Crippen LogP contribution in [-0.4, -0.2) is 39.8 Å². The Morgan fingerprint density at radius 3 is 2.67 bits per heavy atom. The molecule has 4 rings (SSSR count). The summed E-state index contributed by atoms with van der Waals surface area (Å²) in [4.78, 5) is 29.1. The van der Waals surface area contributed by atoms with E-state index in [1.807, 2.05) is 26.0 Å². The smallest absolute Gasteiger partial charge is 0.251 e. The summed E-state index contributed by atoms with van der Waals surface area (Å²) in [6.07, 6.45) is 5.01. The van der Waals surface area contributed by atoms with E-state index in [0.717, 1.165) is 24.9 Å². The fourth-order valence-corrected chi connectivity index (χ4v) is 4.91. The van der Waals surface area contributed by atoms with Crippen molar-refractivity contribution in [1.29, 1.82) is 0 Å². The molecular formula is C26H30ClFN2O3. The second-order valence-electron chi connectivity index (χ2n) is 9.23. The molecule has 2 aliphatic rings. The van der Waals surface area contributed by atoms with Crippen molar-refractivity contribution in [2.24, 2.45) is 5.92 Å². The number of carbonyl (C=O) groups is 2. The number of nitrogens with zero attached hydrogens (tertiary/aromatic N) is 2. The van der Waals surface area contributed by atoms with Crippen molar-refractivity contribution in [1.82, 2.24) is 4.90 Å². The van der Waals surface area contributed by atoms with Crippen molar-refractivity contribution in [2.75, 3.05) is 11.4 Å². The Morgan fingerprint density at radius 1 is 1.24 bits per heavy atom. The molecule has 176 valence electrons. The summed E-state index contributed by atoms with van der Waals surface area (Å²) < 4.78 is 13.8. The topological polar surface area (TPSA) is 60.9 Å². The SMILES string of the molecule is CC(C)C(=O)c1cc(CN2CC[C@]3(C=CC(=O)N3c3cccc(F)c3)C[C@@H]2C)ccc1O.Cl. The quantitative estimate of drug-likeness (QED) is 0.614. The molecule has 0 unspecified atom stereocenters. The molecule has 1 spiro atoms. The van der Waals surface area contributed by atoms with E-state index in [9.17, 15) is 19.1 Å². The van der Waals surface area contributed by atoms with Crippen molar-refractivity contribution in [3.05, 3.63) is 71.6 Å². The molecule has 0 aromatic heterocycles. The summed E-state index contributed by atoms with van der Waals surface area (Å²) >= 11 is 0. The van der Waals surface area contributed by atoms with E-state index in [1.54, 1.807) is 35.2 Å². The molecule has 0 radical (unpaired) electrons. The van der Waals surface area contributed by atoms with Gasteiger partial charge in [-0.15, -0.1) is 12.4 Å². The highest BCUT2D eigenvalue weighted by molar-refractivity contribution is 6.06. The number of aromatic hydroxyl groups is 1. The standard InChI is InChI=1S/C26H29FN2O3.ClH/c1-17(2)25(32)22-13-19(7-8-23(22)30)16-28-12-11-26(15-18(28)3)10-9-24(31)29(26)21-6-4-5-20(27)14-21;/h4-10,13-14,17-18,30H,11-12,15-16H2,1-3H3;1H/t18-,26+;/m0./s1. The number of piperidine rings is 1. The van der Waals surface area contributed by atoms with Crippen LogP contribution in [0, 0.1) is 11.7 Å². The maximum Gasteiger partial charge on any atom is 0.251 e. The van der Waals surface area contributed by atoms with Crippen LogP contribution in [0.5, 0.6) is 5.75 Å². The van der Waals surface area contributed by atoms with Crippen LogP contribution in [0.25, 0.3) is 0 Å². The Balaban J connectivity index is 0.00000306. The number of benzene rings is 2. The molecule has 1 saturated heterocycles. The fourth-order valence-electron chi connectivity index (χ4n) is 4.91. The van der Waals surface area contributed by atoms with Gasteiger partial charge < -0.3 is 5.11 Å². The normalized spacial score (nSPS) is 22.8. The van der Waals surface area contributed by atoms with Gasteiger partial charge in [-0.1, -0.05) is 32.1 Å². The van der Waals surface area contributed by atoms with Crippen molar-refractivity contribution in [2.45, 2.75) is 51.7 Å². The Bertz CT molecular complexity index is 1090. The first kappa shape index (κ1) is 24.9. The van der Waals surface area contributed by atoms with E-state index < -0.39 is 5.54 Å². The molecule has 1 N–H and O–H groups in total. The minimum Gasteiger partial charge on any atom is -0.507 e.